The highest BCUT2D eigenvalue weighted by atomic mass is 16.2. The molecule has 1 heterocycles. The number of amides is 1. The van der Waals surface area contributed by atoms with E-state index in [1.807, 2.05) is 11.8 Å². The molecule has 1 aliphatic heterocycles. The molecule has 1 unspecified atom stereocenters. The second-order valence-corrected chi connectivity index (χ2v) is 3.47. The van der Waals surface area contributed by atoms with E-state index >= 15 is 0 Å². The molecule has 76 valence electrons. The zero-order chi connectivity index (χ0) is 9.68. The van der Waals surface area contributed by atoms with Crippen LogP contribution in [0.15, 0.2) is 0 Å². The summed E-state index contributed by atoms with van der Waals surface area (Å²) in [6.07, 6.45) is 1.77. The first-order valence-corrected chi connectivity index (χ1v) is 5.00. The molecule has 1 atom stereocenters. The van der Waals surface area contributed by atoms with Crippen molar-refractivity contribution in [3.8, 4) is 0 Å². The van der Waals surface area contributed by atoms with Crippen molar-refractivity contribution in [2.45, 2.75) is 25.8 Å². The van der Waals surface area contributed by atoms with Crippen LogP contribution in [0.3, 0.4) is 0 Å². The number of rotatable bonds is 3. The predicted molar refractivity (Wildman–Crippen MR) is 52.3 cm³/mol. The summed E-state index contributed by atoms with van der Waals surface area (Å²) in [6.45, 7) is 5.44. The highest BCUT2D eigenvalue weighted by Crippen LogP contribution is 2.01. The van der Waals surface area contributed by atoms with Crippen LogP contribution in [-0.4, -0.2) is 43.0 Å². The average Bonchev–Trinajstić information content (AvgIpc) is 2.18. The van der Waals surface area contributed by atoms with E-state index in [0.717, 1.165) is 39.0 Å². The molecule has 0 spiro atoms. The molecule has 4 nitrogen and oxygen atoms in total. The zero-order valence-corrected chi connectivity index (χ0v) is 8.25. The lowest BCUT2D eigenvalue weighted by Crippen LogP contribution is -2.51. The van der Waals surface area contributed by atoms with Crippen molar-refractivity contribution in [3.05, 3.63) is 0 Å². The molecule has 0 saturated carbocycles. The van der Waals surface area contributed by atoms with Gasteiger partial charge in [0.05, 0.1) is 6.04 Å². The van der Waals surface area contributed by atoms with Crippen LogP contribution in [0.1, 0.15) is 19.8 Å². The number of carbonyl (C=O) groups is 1. The van der Waals surface area contributed by atoms with Gasteiger partial charge in [0.15, 0.2) is 0 Å². The van der Waals surface area contributed by atoms with Crippen LogP contribution in [0, 0.1) is 0 Å². The quantitative estimate of drug-likeness (QED) is 0.626. The van der Waals surface area contributed by atoms with Crippen molar-refractivity contribution < 1.29 is 4.79 Å². The number of nitrogens with one attached hydrogen (secondary N) is 1. The van der Waals surface area contributed by atoms with Crippen LogP contribution in [0.25, 0.3) is 0 Å². The number of hydrogen-bond donors (Lipinski definition) is 2. The van der Waals surface area contributed by atoms with Gasteiger partial charge in [0, 0.05) is 26.2 Å². The number of nitrogens with zero attached hydrogens (tertiary/aromatic N) is 1. The van der Waals surface area contributed by atoms with Crippen LogP contribution in [0.5, 0.6) is 0 Å². The summed E-state index contributed by atoms with van der Waals surface area (Å²) in [4.78, 5) is 13.5. The van der Waals surface area contributed by atoms with Gasteiger partial charge in [0.1, 0.15) is 0 Å². The van der Waals surface area contributed by atoms with E-state index < -0.39 is 0 Å². The zero-order valence-electron chi connectivity index (χ0n) is 8.25. The summed E-state index contributed by atoms with van der Waals surface area (Å²) in [5.74, 6) is 0.114. The van der Waals surface area contributed by atoms with Gasteiger partial charge in [0.25, 0.3) is 0 Å². The minimum Gasteiger partial charge on any atom is -0.339 e. The molecule has 1 amide bonds. The van der Waals surface area contributed by atoms with E-state index in [1.165, 1.54) is 0 Å². The van der Waals surface area contributed by atoms with E-state index in [4.69, 9.17) is 5.73 Å². The Morgan fingerprint density at radius 2 is 2.15 bits per heavy atom. The number of hydrogen-bond acceptors (Lipinski definition) is 3. The van der Waals surface area contributed by atoms with Crippen molar-refractivity contribution in [2.75, 3.05) is 26.2 Å². The Balaban J connectivity index is 2.36. The highest BCUT2D eigenvalue weighted by Gasteiger charge is 2.21. The fourth-order valence-electron chi connectivity index (χ4n) is 1.55. The van der Waals surface area contributed by atoms with Gasteiger partial charge in [-0.15, -0.1) is 0 Å². The summed E-state index contributed by atoms with van der Waals surface area (Å²) in [7, 11) is 0. The maximum atomic E-state index is 11.7. The smallest absolute Gasteiger partial charge is 0.239 e. The van der Waals surface area contributed by atoms with Crippen LogP contribution in [0.4, 0.5) is 0 Å². The second-order valence-electron chi connectivity index (χ2n) is 3.47. The number of nitrogens with two attached hydrogens (primary N) is 1. The standard InChI is InChI=1S/C9H19N3O/c1-2-3-8(10)9(13)12-6-4-11-5-7-12/h8,11H,2-7,10H2,1H3. The van der Waals surface area contributed by atoms with Gasteiger partial charge in [0.2, 0.25) is 5.91 Å². The van der Waals surface area contributed by atoms with Gasteiger partial charge in [-0.3, -0.25) is 4.79 Å². The first kappa shape index (κ1) is 10.5. The van der Waals surface area contributed by atoms with Gasteiger partial charge < -0.3 is 16.0 Å². The maximum absolute atomic E-state index is 11.7. The molecule has 0 bridgehead atoms. The Kier molecular flexibility index (Phi) is 4.18. The van der Waals surface area contributed by atoms with E-state index in [9.17, 15) is 4.79 Å². The Hall–Kier alpha value is -0.610. The summed E-state index contributed by atoms with van der Waals surface area (Å²) >= 11 is 0. The normalized spacial score (nSPS) is 20.0. The average molecular weight is 185 g/mol. The Morgan fingerprint density at radius 1 is 1.54 bits per heavy atom. The Bertz CT molecular complexity index is 166. The van der Waals surface area contributed by atoms with Crippen molar-refractivity contribution in [1.29, 1.82) is 0 Å². The van der Waals surface area contributed by atoms with E-state index in [0.29, 0.717) is 0 Å². The third-order valence-electron chi connectivity index (χ3n) is 2.35. The fourth-order valence-corrected chi connectivity index (χ4v) is 1.55. The van der Waals surface area contributed by atoms with E-state index in [-0.39, 0.29) is 11.9 Å². The summed E-state index contributed by atoms with van der Waals surface area (Å²) < 4.78 is 0. The van der Waals surface area contributed by atoms with Gasteiger partial charge in [-0.2, -0.15) is 0 Å². The minimum atomic E-state index is -0.289. The summed E-state index contributed by atoms with van der Waals surface area (Å²) in [5, 5.41) is 3.21. The molecule has 0 aromatic heterocycles. The maximum Gasteiger partial charge on any atom is 0.239 e. The topological polar surface area (TPSA) is 58.4 Å². The SMILES string of the molecule is CCCC(N)C(=O)N1CCNCC1. The molecule has 4 heteroatoms. The second kappa shape index (κ2) is 5.19. The lowest BCUT2D eigenvalue weighted by molar-refractivity contribution is -0.133. The molecule has 1 fully saturated rings. The molecule has 0 radical (unpaired) electrons. The van der Waals surface area contributed by atoms with Crippen molar-refractivity contribution in [1.82, 2.24) is 10.2 Å². The molecule has 3 N–H and O–H groups in total. The van der Waals surface area contributed by atoms with E-state index in [2.05, 4.69) is 5.32 Å². The Morgan fingerprint density at radius 3 is 2.69 bits per heavy atom. The van der Waals surface area contributed by atoms with Gasteiger partial charge in [-0.25, -0.2) is 0 Å². The molecule has 13 heavy (non-hydrogen) atoms. The van der Waals surface area contributed by atoms with E-state index in [1.54, 1.807) is 0 Å². The molecular weight excluding hydrogens is 166 g/mol. The van der Waals surface area contributed by atoms with Gasteiger partial charge in [-0.1, -0.05) is 13.3 Å². The van der Waals surface area contributed by atoms with Crippen molar-refractivity contribution >= 4 is 5.91 Å². The lowest BCUT2D eigenvalue weighted by atomic mass is 10.1. The first-order chi connectivity index (χ1) is 6.25. The number of carbonyl (C=O) groups excluding carboxylic acids is 1. The molecule has 0 aromatic rings. The summed E-state index contributed by atoms with van der Waals surface area (Å²) in [6, 6.07) is -0.289. The minimum absolute atomic E-state index is 0.114. The van der Waals surface area contributed by atoms with Crippen LogP contribution in [-0.2, 0) is 4.79 Å². The Labute approximate surface area is 79.5 Å². The molecule has 1 rings (SSSR count). The predicted octanol–water partition coefficient (Wildman–Crippen LogP) is -0.454. The first-order valence-electron chi connectivity index (χ1n) is 5.00. The summed E-state index contributed by atoms with van der Waals surface area (Å²) in [5.41, 5.74) is 5.75. The lowest BCUT2D eigenvalue weighted by Gasteiger charge is -2.29. The fraction of sp³-hybridized carbons (Fsp3) is 0.889. The highest BCUT2D eigenvalue weighted by molar-refractivity contribution is 5.81. The molecular formula is C9H19N3O. The molecule has 1 aliphatic rings. The molecule has 1 saturated heterocycles. The number of piperazine rings is 1. The van der Waals surface area contributed by atoms with Gasteiger partial charge in [-0.05, 0) is 6.42 Å². The van der Waals surface area contributed by atoms with Gasteiger partial charge >= 0.3 is 0 Å². The third-order valence-corrected chi connectivity index (χ3v) is 2.35. The van der Waals surface area contributed by atoms with Crippen molar-refractivity contribution in [2.24, 2.45) is 5.73 Å². The monoisotopic (exact) mass is 185 g/mol. The molecule has 0 aliphatic carbocycles. The molecule has 0 aromatic carbocycles. The third kappa shape index (κ3) is 2.97. The van der Waals surface area contributed by atoms with Crippen LogP contribution < -0.4 is 11.1 Å². The largest absolute Gasteiger partial charge is 0.339 e. The van der Waals surface area contributed by atoms with Crippen LogP contribution in [0.2, 0.25) is 0 Å². The van der Waals surface area contributed by atoms with Crippen LogP contribution >= 0.6 is 0 Å². The van der Waals surface area contributed by atoms with Crippen molar-refractivity contribution in [3.63, 3.8) is 0 Å².